The maximum atomic E-state index is 12.4. The maximum absolute atomic E-state index is 12.4. The molecule has 0 saturated carbocycles. The fraction of sp³-hybridized carbons (Fsp3) is 0.500. The molecule has 1 unspecified atom stereocenters. The number of aromatic nitrogens is 1. The average Bonchev–Trinajstić information content (AvgIpc) is 2.62. The van der Waals surface area contributed by atoms with E-state index in [9.17, 15) is 9.59 Å². The summed E-state index contributed by atoms with van der Waals surface area (Å²) in [6.07, 6.45) is 2.64. The number of hydrogen-bond donors (Lipinski definition) is 1. The van der Waals surface area contributed by atoms with Crippen molar-refractivity contribution in [1.82, 2.24) is 15.2 Å². The fourth-order valence-corrected chi connectivity index (χ4v) is 2.23. The van der Waals surface area contributed by atoms with Crippen molar-refractivity contribution in [2.24, 2.45) is 0 Å². The van der Waals surface area contributed by atoms with Crippen LogP contribution in [0.4, 0.5) is 0 Å². The van der Waals surface area contributed by atoms with Crippen molar-refractivity contribution in [3.05, 3.63) is 23.9 Å². The number of methoxy groups -OCH3 is 1. The molecule has 1 N–H and O–H groups in total. The van der Waals surface area contributed by atoms with E-state index in [-0.39, 0.29) is 18.2 Å². The average molecular weight is 277 g/mol. The van der Waals surface area contributed by atoms with Crippen molar-refractivity contribution in [3.63, 3.8) is 0 Å². The molecule has 0 aliphatic carbocycles. The molecule has 1 aromatic heterocycles. The molecular weight excluding hydrogens is 258 g/mol. The van der Waals surface area contributed by atoms with Gasteiger partial charge in [0.25, 0.3) is 0 Å². The topological polar surface area (TPSA) is 71.5 Å². The highest BCUT2D eigenvalue weighted by Gasteiger charge is 2.27. The normalized spacial score (nSPS) is 19.2. The molecule has 1 atom stereocenters. The smallest absolute Gasteiger partial charge is 0.242 e. The van der Waals surface area contributed by atoms with Crippen LogP contribution in [0, 0.1) is 0 Å². The summed E-state index contributed by atoms with van der Waals surface area (Å²) in [6.45, 7) is 2.97. The summed E-state index contributed by atoms with van der Waals surface area (Å²) in [5, 5.41) is 2.80. The molecule has 1 aliphatic heterocycles. The minimum Gasteiger partial charge on any atom is -0.481 e. The number of amides is 2. The molecule has 6 heteroatoms. The Labute approximate surface area is 118 Å². The van der Waals surface area contributed by atoms with E-state index in [1.165, 1.54) is 7.11 Å². The van der Waals surface area contributed by atoms with Gasteiger partial charge in [-0.1, -0.05) is 0 Å². The molecule has 1 saturated heterocycles. The predicted molar refractivity (Wildman–Crippen MR) is 73.3 cm³/mol. The summed E-state index contributed by atoms with van der Waals surface area (Å²) in [5.41, 5.74) is 0.832. The van der Waals surface area contributed by atoms with Gasteiger partial charge in [0.1, 0.15) is 6.04 Å². The van der Waals surface area contributed by atoms with Gasteiger partial charge in [0, 0.05) is 25.4 Å². The van der Waals surface area contributed by atoms with E-state index in [1.807, 2.05) is 0 Å². The van der Waals surface area contributed by atoms with Gasteiger partial charge in [-0.15, -0.1) is 0 Å². The van der Waals surface area contributed by atoms with Crippen LogP contribution in [-0.2, 0) is 16.0 Å². The molecule has 6 nitrogen and oxygen atoms in total. The van der Waals surface area contributed by atoms with Crippen molar-refractivity contribution in [2.75, 3.05) is 20.2 Å². The lowest BCUT2D eigenvalue weighted by molar-refractivity contribution is -0.138. The zero-order valence-corrected chi connectivity index (χ0v) is 11.8. The first-order valence-electron chi connectivity index (χ1n) is 6.68. The number of ether oxygens (including phenoxy) is 1. The second-order valence-corrected chi connectivity index (χ2v) is 4.79. The Morgan fingerprint density at radius 3 is 3.15 bits per heavy atom. The lowest BCUT2D eigenvalue weighted by atomic mass is 10.1. The van der Waals surface area contributed by atoms with E-state index in [1.54, 1.807) is 30.2 Å². The van der Waals surface area contributed by atoms with Crippen LogP contribution >= 0.6 is 0 Å². The first kappa shape index (κ1) is 14.3. The highest BCUT2D eigenvalue weighted by molar-refractivity contribution is 5.88. The fourth-order valence-electron chi connectivity index (χ4n) is 2.23. The Balaban J connectivity index is 2.08. The molecule has 108 valence electrons. The molecule has 2 amide bonds. The van der Waals surface area contributed by atoms with Crippen molar-refractivity contribution in [2.45, 2.75) is 25.8 Å². The Bertz CT molecular complexity index is 504. The molecule has 0 aromatic carbocycles. The number of nitrogens with one attached hydrogen (secondary N) is 1. The molecule has 1 aromatic rings. The molecule has 2 heterocycles. The molecule has 0 radical (unpaired) electrons. The van der Waals surface area contributed by atoms with Gasteiger partial charge < -0.3 is 15.0 Å². The Hall–Kier alpha value is -2.11. The zero-order chi connectivity index (χ0) is 14.5. The summed E-state index contributed by atoms with van der Waals surface area (Å²) >= 11 is 0. The molecule has 1 fully saturated rings. The standard InChI is InChI=1S/C14H19N3O3/c1-10-14(19)16-5-3-7-17(10)13(18)9-11-4-6-15-12(8-11)20-2/h4,6,8,10H,3,5,7,9H2,1-2H3,(H,16,19). The highest BCUT2D eigenvalue weighted by atomic mass is 16.5. The minimum atomic E-state index is -0.422. The van der Waals surface area contributed by atoms with Crippen LogP contribution in [0.25, 0.3) is 0 Å². The third-order valence-electron chi connectivity index (χ3n) is 3.41. The van der Waals surface area contributed by atoms with Crippen molar-refractivity contribution < 1.29 is 14.3 Å². The molecule has 1 aliphatic rings. The Kier molecular flexibility index (Phi) is 4.55. The Morgan fingerprint density at radius 2 is 2.40 bits per heavy atom. The number of carbonyl (C=O) groups is 2. The highest BCUT2D eigenvalue weighted by Crippen LogP contribution is 2.12. The lowest BCUT2D eigenvalue weighted by Gasteiger charge is -2.25. The monoisotopic (exact) mass is 277 g/mol. The number of rotatable bonds is 3. The van der Waals surface area contributed by atoms with Gasteiger partial charge in [0.2, 0.25) is 17.7 Å². The van der Waals surface area contributed by atoms with Gasteiger partial charge in [0.15, 0.2) is 0 Å². The molecule has 0 bridgehead atoms. The predicted octanol–water partition coefficient (Wildman–Crippen LogP) is 0.370. The summed E-state index contributed by atoms with van der Waals surface area (Å²) in [4.78, 5) is 29.8. The van der Waals surface area contributed by atoms with E-state index in [2.05, 4.69) is 10.3 Å². The first-order chi connectivity index (χ1) is 9.61. The quantitative estimate of drug-likeness (QED) is 0.866. The van der Waals surface area contributed by atoms with E-state index in [4.69, 9.17) is 4.74 Å². The van der Waals surface area contributed by atoms with Crippen molar-refractivity contribution in [3.8, 4) is 5.88 Å². The van der Waals surface area contributed by atoms with Crippen LogP contribution in [0.3, 0.4) is 0 Å². The number of carbonyl (C=O) groups excluding carboxylic acids is 2. The van der Waals surface area contributed by atoms with Crippen LogP contribution in [0.15, 0.2) is 18.3 Å². The summed E-state index contributed by atoms with van der Waals surface area (Å²) in [7, 11) is 1.54. The van der Waals surface area contributed by atoms with Gasteiger partial charge in [-0.25, -0.2) is 4.98 Å². The van der Waals surface area contributed by atoms with Crippen LogP contribution in [0.2, 0.25) is 0 Å². The SMILES string of the molecule is COc1cc(CC(=O)N2CCCNC(=O)C2C)ccn1. The van der Waals surface area contributed by atoms with Gasteiger partial charge in [-0.3, -0.25) is 9.59 Å². The molecule has 20 heavy (non-hydrogen) atoms. The summed E-state index contributed by atoms with van der Waals surface area (Å²) < 4.78 is 5.04. The third-order valence-corrected chi connectivity index (χ3v) is 3.41. The van der Waals surface area contributed by atoms with E-state index in [0.717, 1.165) is 12.0 Å². The van der Waals surface area contributed by atoms with Gasteiger partial charge in [0.05, 0.1) is 13.5 Å². The second kappa shape index (κ2) is 6.36. The maximum Gasteiger partial charge on any atom is 0.242 e. The number of nitrogens with zero attached hydrogens (tertiary/aromatic N) is 2. The number of hydrogen-bond acceptors (Lipinski definition) is 4. The molecular formula is C14H19N3O3. The Morgan fingerprint density at radius 1 is 1.60 bits per heavy atom. The minimum absolute atomic E-state index is 0.0530. The molecule has 2 rings (SSSR count). The lowest BCUT2D eigenvalue weighted by Crippen LogP contribution is -2.45. The van der Waals surface area contributed by atoms with Gasteiger partial charge in [-0.05, 0) is 25.0 Å². The first-order valence-corrected chi connectivity index (χ1v) is 6.68. The second-order valence-electron chi connectivity index (χ2n) is 4.79. The van der Waals surface area contributed by atoms with Crippen LogP contribution in [-0.4, -0.2) is 47.9 Å². The zero-order valence-electron chi connectivity index (χ0n) is 11.8. The van der Waals surface area contributed by atoms with Crippen molar-refractivity contribution >= 4 is 11.8 Å². The van der Waals surface area contributed by atoms with Crippen LogP contribution < -0.4 is 10.1 Å². The molecule has 0 spiro atoms. The van der Waals surface area contributed by atoms with E-state index >= 15 is 0 Å². The third kappa shape index (κ3) is 3.26. The van der Waals surface area contributed by atoms with Gasteiger partial charge >= 0.3 is 0 Å². The van der Waals surface area contributed by atoms with E-state index < -0.39 is 6.04 Å². The van der Waals surface area contributed by atoms with Crippen LogP contribution in [0.5, 0.6) is 5.88 Å². The van der Waals surface area contributed by atoms with E-state index in [0.29, 0.717) is 19.0 Å². The largest absolute Gasteiger partial charge is 0.481 e. The van der Waals surface area contributed by atoms with Crippen molar-refractivity contribution in [1.29, 1.82) is 0 Å². The number of pyridine rings is 1. The summed E-state index contributed by atoms with van der Waals surface area (Å²) in [6, 6.07) is 3.09. The van der Waals surface area contributed by atoms with Crippen LogP contribution in [0.1, 0.15) is 18.9 Å². The van der Waals surface area contributed by atoms with Gasteiger partial charge in [-0.2, -0.15) is 0 Å². The summed E-state index contributed by atoms with van der Waals surface area (Å²) in [5.74, 6) is 0.336.